The lowest BCUT2D eigenvalue weighted by Crippen LogP contribution is -2.33. The second kappa shape index (κ2) is 16.9. The standard InChI is InChI=1S/C42H35Cl3N2O5S/c43-42(44,45)40(49)46-24-28-8-7-13-34(22-28)29-18-20-33(21-19-29)39-50-35(23-36(51-39)30-16-14-27(25-48)15-17-30)26-53-41-47-37(31-9-3-1-4-10-31)38(52-41)32-11-5-2-6-12-32/h1-22,35-36,39,48H,23-26H2,(H,46,49)/t35-,36+,39+/m1/s1. The van der Waals surface area contributed by atoms with E-state index in [0.717, 1.165) is 56.0 Å². The zero-order chi connectivity index (χ0) is 36.8. The first-order chi connectivity index (χ1) is 25.7. The second-order valence-electron chi connectivity index (χ2n) is 12.6. The van der Waals surface area contributed by atoms with Crippen LogP contribution in [0.25, 0.3) is 33.7 Å². The number of hydrogen-bond acceptors (Lipinski definition) is 7. The number of ether oxygens (including phenoxy) is 2. The van der Waals surface area contributed by atoms with E-state index < -0.39 is 16.0 Å². The summed E-state index contributed by atoms with van der Waals surface area (Å²) in [6.07, 6.45) is -0.429. The number of carbonyl (C=O) groups is 1. The molecule has 0 bridgehead atoms. The Morgan fingerprint density at radius 1 is 0.755 bits per heavy atom. The SMILES string of the molecule is O=C(NCc1cccc(-c2ccc([C@H]3O[C@@H](CSc4nc(-c5ccccc5)c(-c5ccccc5)o4)C[C@@H](c4ccc(CO)cc4)O3)cc2)c1)C(Cl)(Cl)Cl. The van der Waals surface area contributed by atoms with Crippen molar-refractivity contribution in [3.63, 3.8) is 0 Å². The fraction of sp³-hybridized carbons (Fsp3) is 0.190. The first-order valence-electron chi connectivity index (χ1n) is 17.0. The van der Waals surface area contributed by atoms with E-state index in [1.54, 1.807) is 0 Å². The lowest BCUT2D eigenvalue weighted by atomic mass is 9.99. The van der Waals surface area contributed by atoms with Gasteiger partial charge in [-0.05, 0) is 33.9 Å². The number of carbonyl (C=O) groups excluding carboxylic acids is 1. The van der Waals surface area contributed by atoms with Gasteiger partial charge in [-0.25, -0.2) is 4.98 Å². The van der Waals surface area contributed by atoms with Crippen molar-refractivity contribution >= 4 is 52.5 Å². The molecule has 0 aliphatic carbocycles. The maximum absolute atomic E-state index is 12.0. The summed E-state index contributed by atoms with van der Waals surface area (Å²) in [5, 5.41) is 12.8. The summed E-state index contributed by atoms with van der Waals surface area (Å²) in [5.41, 5.74) is 8.27. The molecule has 1 amide bonds. The van der Waals surface area contributed by atoms with Crippen LogP contribution in [0.4, 0.5) is 0 Å². The quantitative estimate of drug-likeness (QED) is 0.0998. The molecule has 0 unspecified atom stereocenters. The minimum Gasteiger partial charge on any atom is -0.431 e. The van der Waals surface area contributed by atoms with E-state index >= 15 is 0 Å². The van der Waals surface area contributed by atoms with Crippen LogP contribution in [0.2, 0.25) is 0 Å². The number of halogens is 3. The average Bonchev–Trinajstić information content (AvgIpc) is 3.64. The number of aromatic nitrogens is 1. The summed E-state index contributed by atoms with van der Waals surface area (Å²) < 4.78 is 17.6. The Bertz CT molecular complexity index is 2070. The Kier molecular flexibility index (Phi) is 11.9. The molecule has 0 spiro atoms. The Labute approximate surface area is 327 Å². The van der Waals surface area contributed by atoms with E-state index in [-0.39, 0.29) is 25.4 Å². The molecule has 270 valence electrons. The largest absolute Gasteiger partial charge is 0.431 e. The molecule has 11 heteroatoms. The Balaban J connectivity index is 1.10. The molecular weight excluding hydrogens is 751 g/mol. The van der Waals surface area contributed by atoms with E-state index in [1.165, 1.54) is 11.8 Å². The van der Waals surface area contributed by atoms with E-state index in [2.05, 4.69) is 5.32 Å². The van der Waals surface area contributed by atoms with Crippen LogP contribution in [0.5, 0.6) is 0 Å². The number of benzene rings is 5. The van der Waals surface area contributed by atoms with Gasteiger partial charge in [-0.1, -0.05) is 174 Å². The first kappa shape index (κ1) is 37.2. The smallest absolute Gasteiger partial charge is 0.272 e. The van der Waals surface area contributed by atoms with Crippen LogP contribution < -0.4 is 5.32 Å². The molecule has 1 aliphatic heterocycles. The fourth-order valence-corrected chi connectivity index (χ4v) is 7.14. The molecule has 7 nitrogen and oxygen atoms in total. The van der Waals surface area contributed by atoms with E-state index in [4.69, 9.17) is 53.7 Å². The molecule has 0 saturated carbocycles. The van der Waals surface area contributed by atoms with E-state index in [0.29, 0.717) is 17.4 Å². The van der Waals surface area contributed by atoms with Crippen LogP contribution in [0, 0.1) is 0 Å². The van der Waals surface area contributed by atoms with E-state index in [9.17, 15) is 9.90 Å². The minimum atomic E-state index is -2.02. The number of nitrogens with zero attached hydrogens (tertiary/aromatic N) is 1. The third-order valence-corrected chi connectivity index (χ3v) is 10.3. The molecule has 0 radical (unpaired) electrons. The number of nitrogens with one attached hydrogen (secondary N) is 1. The third-order valence-electron chi connectivity index (χ3n) is 8.85. The molecule has 6 aromatic rings. The molecule has 2 heterocycles. The summed E-state index contributed by atoms with van der Waals surface area (Å²) in [4.78, 5) is 17.0. The molecule has 3 atom stereocenters. The van der Waals surface area contributed by atoms with Crippen molar-refractivity contribution in [3.8, 4) is 33.7 Å². The number of aliphatic hydroxyl groups excluding tert-OH is 1. The number of thioether (sulfide) groups is 1. The summed E-state index contributed by atoms with van der Waals surface area (Å²) >= 11 is 18.6. The monoisotopic (exact) mass is 784 g/mol. The van der Waals surface area contributed by atoms with Gasteiger partial charge < -0.3 is 24.3 Å². The predicted molar refractivity (Wildman–Crippen MR) is 211 cm³/mol. The molecule has 1 aromatic heterocycles. The topological polar surface area (TPSA) is 93.8 Å². The van der Waals surface area contributed by atoms with E-state index in [1.807, 2.05) is 133 Å². The van der Waals surface area contributed by atoms with Gasteiger partial charge in [-0.15, -0.1) is 0 Å². The van der Waals surface area contributed by atoms with Crippen molar-refractivity contribution in [3.05, 3.63) is 156 Å². The van der Waals surface area contributed by atoms with Gasteiger partial charge in [0.25, 0.3) is 14.9 Å². The summed E-state index contributed by atoms with van der Waals surface area (Å²) in [7, 11) is 0. The van der Waals surface area contributed by atoms with Gasteiger partial charge in [-0.2, -0.15) is 0 Å². The van der Waals surface area contributed by atoms with Gasteiger partial charge in [0.05, 0.1) is 18.8 Å². The predicted octanol–water partition coefficient (Wildman–Crippen LogP) is 10.5. The van der Waals surface area contributed by atoms with Gasteiger partial charge in [0.15, 0.2) is 12.1 Å². The van der Waals surface area contributed by atoms with Crippen LogP contribution in [-0.4, -0.2) is 31.6 Å². The second-order valence-corrected chi connectivity index (χ2v) is 15.8. The van der Waals surface area contributed by atoms with Gasteiger partial charge in [0.2, 0.25) is 0 Å². The summed E-state index contributed by atoms with van der Waals surface area (Å²) in [6, 6.07) is 43.7. The molecule has 1 saturated heterocycles. The minimum absolute atomic E-state index is 0.0260. The third kappa shape index (κ3) is 9.34. The summed E-state index contributed by atoms with van der Waals surface area (Å²) in [5.74, 6) is 0.636. The maximum atomic E-state index is 12.0. The molecule has 1 fully saturated rings. The lowest BCUT2D eigenvalue weighted by Gasteiger charge is -2.36. The van der Waals surface area contributed by atoms with Gasteiger partial charge >= 0.3 is 0 Å². The van der Waals surface area contributed by atoms with Crippen molar-refractivity contribution in [1.82, 2.24) is 10.3 Å². The van der Waals surface area contributed by atoms with Crippen molar-refractivity contribution in [1.29, 1.82) is 0 Å². The average molecular weight is 786 g/mol. The number of amides is 1. The molecular formula is C42H35Cl3N2O5S. The molecule has 53 heavy (non-hydrogen) atoms. The van der Waals surface area contributed by atoms with Gasteiger partial charge in [0.1, 0.15) is 5.69 Å². The van der Waals surface area contributed by atoms with Crippen molar-refractivity contribution in [2.45, 2.75) is 47.1 Å². The summed E-state index contributed by atoms with van der Waals surface area (Å²) in [6.45, 7) is 0.193. The normalized spacial score (nSPS) is 17.4. The van der Waals surface area contributed by atoms with Gasteiger partial charge in [0, 0.05) is 35.4 Å². The highest BCUT2D eigenvalue weighted by Gasteiger charge is 2.33. The Hall–Kier alpha value is -4.12. The maximum Gasteiger partial charge on any atom is 0.272 e. The Morgan fingerprint density at radius 3 is 2.09 bits per heavy atom. The number of hydrogen-bond donors (Lipinski definition) is 2. The van der Waals surface area contributed by atoms with Crippen LogP contribution in [0.1, 0.15) is 41.1 Å². The highest BCUT2D eigenvalue weighted by atomic mass is 35.6. The molecule has 2 N–H and O–H groups in total. The fourth-order valence-electron chi connectivity index (χ4n) is 6.10. The lowest BCUT2D eigenvalue weighted by molar-refractivity contribution is -0.245. The zero-order valence-corrected chi connectivity index (χ0v) is 31.4. The molecule has 5 aromatic carbocycles. The zero-order valence-electron chi connectivity index (χ0n) is 28.3. The first-order valence-corrected chi connectivity index (χ1v) is 19.1. The highest BCUT2D eigenvalue weighted by molar-refractivity contribution is 7.99. The van der Waals surface area contributed by atoms with Crippen LogP contribution in [0.3, 0.4) is 0 Å². The Morgan fingerprint density at radius 2 is 1.42 bits per heavy atom. The van der Waals surface area contributed by atoms with Crippen LogP contribution in [0.15, 0.2) is 143 Å². The molecule has 7 rings (SSSR count). The number of rotatable bonds is 11. The van der Waals surface area contributed by atoms with Crippen LogP contribution in [-0.2, 0) is 27.4 Å². The van der Waals surface area contributed by atoms with Crippen LogP contribution >= 0.6 is 46.6 Å². The van der Waals surface area contributed by atoms with Crippen molar-refractivity contribution in [2.24, 2.45) is 0 Å². The van der Waals surface area contributed by atoms with Gasteiger partial charge in [-0.3, -0.25) is 4.79 Å². The number of oxazole rings is 1. The van der Waals surface area contributed by atoms with Crippen molar-refractivity contribution in [2.75, 3.05) is 5.75 Å². The highest BCUT2D eigenvalue weighted by Crippen LogP contribution is 2.41. The number of aliphatic hydroxyl groups is 1. The molecule has 1 aliphatic rings. The number of alkyl halides is 3. The van der Waals surface area contributed by atoms with Crippen molar-refractivity contribution < 1.29 is 23.8 Å².